The predicted octanol–water partition coefficient (Wildman–Crippen LogP) is 2.70. The number of amides is 2. The van der Waals surface area contributed by atoms with Gasteiger partial charge in [-0.25, -0.2) is 13.6 Å². The highest BCUT2D eigenvalue weighted by molar-refractivity contribution is 5.91. The number of methoxy groups -OCH3 is 1. The van der Waals surface area contributed by atoms with Crippen LogP contribution >= 0.6 is 0 Å². The number of halogens is 5. The van der Waals surface area contributed by atoms with E-state index in [-0.39, 0.29) is 11.4 Å². The molecule has 1 aliphatic rings. The van der Waals surface area contributed by atoms with E-state index in [1.54, 1.807) is 0 Å². The normalized spacial score (nSPS) is 20.5. The summed E-state index contributed by atoms with van der Waals surface area (Å²) in [6.45, 7) is -1.53. The van der Waals surface area contributed by atoms with Crippen molar-refractivity contribution < 1.29 is 41.4 Å². The van der Waals surface area contributed by atoms with Crippen molar-refractivity contribution >= 4 is 17.7 Å². The molecule has 0 aliphatic carbocycles. The molecule has 1 aromatic carbocycles. The molecule has 11 heteroatoms. The lowest BCUT2D eigenvalue weighted by Gasteiger charge is -2.19. The van der Waals surface area contributed by atoms with Gasteiger partial charge in [-0.3, -0.25) is 4.79 Å². The lowest BCUT2D eigenvalue weighted by Crippen LogP contribution is -2.35. The summed E-state index contributed by atoms with van der Waals surface area (Å²) in [4.78, 5) is 23.8. The number of urea groups is 1. The van der Waals surface area contributed by atoms with E-state index >= 15 is 0 Å². The minimum Gasteiger partial charge on any atom is -0.494 e. The Hall–Kier alpha value is -2.59. The molecule has 1 saturated heterocycles. The Kier molecular flexibility index (Phi) is 5.04. The number of anilines is 1. The van der Waals surface area contributed by atoms with E-state index in [9.17, 15) is 31.5 Å². The van der Waals surface area contributed by atoms with E-state index in [0.717, 1.165) is 7.11 Å². The molecule has 6 nitrogen and oxygen atoms in total. The summed E-state index contributed by atoms with van der Waals surface area (Å²) in [5, 5.41) is 11.0. The number of carboxylic acids is 1. The summed E-state index contributed by atoms with van der Waals surface area (Å²) >= 11 is 0. The zero-order chi connectivity index (χ0) is 18.9. The molecular weight excluding hydrogens is 355 g/mol. The largest absolute Gasteiger partial charge is 0.494 e. The zero-order valence-corrected chi connectivity index (χ0v) is 12.7. The van der Waals surface area contributed by atoms with Crippen LogP contribution in [0.3, 0.4) is 0 Å². The third kappa shape index (κ3) is 3.91. The number of carbonyl (C=O) groups is 2. The number of carboxylic acid groups (broad SMARTS) is 1. The van der Waals surface area contributed by atoms with Gasteiger partial charge in [0.2, 0.25) is 0 Å². The van der Waals surface area contributed by atoms with Crippen LogP contribution in [0.1, 0.15) is 0 Å². The van der Waals surface area contributed by atoms with Gasteiger partial charge < -0.3 is 20.1 Å². The highest BCUT2D eigenvalue weighted by Gasteiger charge is 2.53. The average Bonchev–Trinajstić information content (AvgIpc) is 2.96. The minimum absolute atomic E-state index is 0.242. The maximum absolute atomic E-state index is 13.3. The van der Waals surface area contributed by atoms with Crippen LogP contribution in [-0.2, 0) is 4.79 Å². The summed E-state index contributed by atoms with van der Waals surface area (Å²) in [5.74, 6) is -8.48. The Morgan fingerprint density at radius 2 is 1.84 bits per heavy atom. The molecule has 0 spiro atoms. The molecular formula is C14H13F5N2O4. The van der Waals surface area contributed by atoms with Gasteiger partial charge in [-0.15, -0.1) is 0 Å². The molecule has 2 amide bonds. The first kappa shape index (κ1) is 18.7. The molecule has 0 unspecified atom stereocenters. The van der Waals surface area contributed by atoms with E-state index in [1.165, 1.54) is 0 Å². The van der Waals surface area contributed by atoms with Gasteiger partial charge in [-0.05, 0) is 0 Å². The number of aliphatic carboxylic acids is 1. The second-order valence-electron chi connectivity index (χ2n) is 5.39. The van der Waals surface area contributed by atoms with Crippen molar-refractivity contribution in [2.75, 3.05) is 25.5 Å². The van der Waals surface area contributed by atoms with E-state index in [2.05, 4.69) is 5.32 Å². The zero-order valence-electron chi connectivity index (χ0n) is 12.7. The summed E-state index contributed by atoms with van der Waals surface area (Å²) in [6.07, 6.45) is -4.79. The highest BCUT2D eigenvalue weighted by Crippen LogP contribution is 2.38. The van der Waals surface area contributed by atoms with Crippen LogP contribution in [0, 0.1) is 23.5 Å². The monoisotopic (exact) mass is 368 g/mol. The molecule has 0 aromatic heterocycles. The third-order valence-corrected chi connectivity index (χ3v) is 3.83. The molecule has 2 atom stereocenters. The van der Waals surface area contributed by atoms with Crippen molar-refractivity contribution in [2.45, 2.75) is 6.18 Å². The van der Waals surface area contributed by atoms with E-state index in [1.807, 2.05) is 0 Å². The Balaban J connectivity index is 2.20. The number of likely N-dealkylation sites (tertiary alicyclic amines) is 1. The molecule has 0 radical (unpaired) electrons. The summed E-state index contributed by atoms with van der Waals surface area (Å²) in [7, 11) is 1.12. The average molecular weight is 368 g/mol. The van der Waals surface area contributed by atoms with Crippen LogP contribution < -0.4 is 10.1 Å². The van der Waals surface area contributed by atoms with E-state index in [0.29, 0.717) is 17.0 Å². The summed E-state index contributed by atoms with van der Waals surface area (Å²) < 4.78 is 69.9. The molecule has 0 bridgehead atoms. The van der Waals surface area contributed by atoms with Gasteiger partial charge in [-0.2, -0.15) is 13.2 Å². The van der Waals surface area contributed by atoms with E-state index in [4.69, 9.17) is 9.84 Å². The standard InChI is InChI=1S/C14H13F5N2O4/c1-25-11-3-9(16)8(15)2-10(11)20-13(24)21-4-6(12(22)23)7(5-21)14(17,18)19/h2-3,6-7H,4-5H2,1H3,(H,20,24)(H,22,23)/t6-,7-/m1/s1. The minimum atomic E-state index is -4.79. The molecule has 1 heterocycles. The summed E-state index contributed by atoms with van der Waals surface area (Å²) in [6, 6.07) is 0.188. The van der Waals surface area contributed by atoms with Crippen LogP contribution in [0.5, 0.6) is 5.75 Å². The van der Waals surface area contributed by atoms with E-state index < -0.39 is 54.7 Å². The van der Waals surface area contributed by atoms with Gasteiger partial charge in [-0.1, -0.05) is 0 Å². The molecule has 1 aromatic rings. The van der Waals surface area contributed by atoms with Gasteiger partial charge in [0.15, 0.2) is 11.6 Å². The molecule has 25 heavy (non-hydrogen) atoms. The molecule has 2 rings (SSSR count). The number of ether oxygens (including phenoxy) is 1. The number of carbonyl (C=O) groups excluding carboxylic acids is 1. The van der Waals surface area contributed by atoms with Gasteiger partial charge in [0, 0.05) is 25.2 Å². The van der Waals surface area contributed by atoms with Crippen LogP contribution in [0.2, 0.25) is 0 Å². The van der Waals surface area contributed by atoms with Crippen molar-refractivity contribution in [1.29, 1.82) is 0 Å². The molecule has 138 valence electrons. The SMILES string of the molecule is COc1cc(F)c(F)cc1NC(=O)N1C[C@@H](C(F)(F)F)[C@H](C(=O)O)C1. The van der Waals surface area contributed by atoms with Crippen molar-refractivity contribution in [3.63, 3.8) is 0 Å². The topological polar surface area (TPSA) is 78.9 Å². The van der Waals surface area contributed by atoms with Crippen LogP contribution in [0.4, 0.5) is 32.4 Å². The Labute approximate surface area is 138 Å². The molecule has 1 fully saturated rings. The lowest BCUT2D eigenvalue weighted by molar-refractivity contribution is -0.187. The number of nitrogens with zero attached hydrogens (tertiary/aromatic N) is 1. The van der Waals surface area contributed by atoms with Crippen LogP contribution in [-0.4, -0.2) is 48.4 Å². The van der Waals surface area contributed by atoms with Gasteiger partial charge in [0.1, 0.15) is 5.75 Å². The number of benzene rings is 1. The first-order chi connectivity index (χ1) is 11.5. The first-order valence-corrected chi connectivity index (χ1v) is 6.93. The fourth-order valence-corrected chi connectivity index (χ4v) is 2.54. The number of nitrogens with one attached hydrogen (secondary N) is 1. The highest BCUT2D eigenvalue weighted by atomic mass is 19.4. The Morgan fingerprint density at radius 3 is 2.32 bits per heavy atom. The van der Waals surface area contributed by atoms with Gasteiger partial charge >= 0.3 is 18.2 Å². The molecule has 2 N–H and O–H groups in total. The van der Waals surface area contributed by atoms with Crippen LogP contribution in [0.15, 0.2) is 12.1 Å². The smallest absolute Gasteiger partial charge is 0.394 e. The third-order valence-electron chi connectivity index (χ3n) is 3.83. The maximum atomic E-state index is 13.3. The number of hydrogen-bond donors (Lipinski definition) is 2. The summed E-state index contributed by atoms with van der Waals surface area (Å²) in [5.41, 5.74) is -0.297. The number of rotatable bonds is 3. The molecule has 1 aliphatic heterocycles. The predicted molar refractivity (Wildman–Crippen MR) is 74.2 cm³/mol. The Bertz CT molecular complexity index is 695. The molecule has 0 saturated carbocycles. The second-order valence-corrected chi connectivity index (χ2v) is 5.39. The van der Waals surface area contributed by atoms with Crippen molar-refractivity contribution in [2.24, 2.45) is 11.8 Å². The fourth-order valence-electron chi connectivity index (χ4n) is 2.54. The van der Waals surface area contributed by atoms with Crippen molar-refractivity contribution in [3.05, 3.63) is 23.8 Å². The van der Waals surface area contributed by atoms with Crippen molar-refractivity contribution in [1.82, 2.24) is 4.90 Å². The lowest BCUT2D eigenvalue weighted by atomic mass is 9.96. The Morgan fingerprint density at radius 1 is 1.24 bits per heavy atom. The van der Waals surface area contributed by atoms with Crippen molar-refractivity contribution in [3.8, 4) is 5.75 Å². The first-order valence-electron chi connectivity index (χ1n) is 6.93. The second kappa shape index (κ2) is 6.73. The number of alkyl halides is 3. The van der Waals surface area contributed by atoms with Crippen LogP contribution in [0.25, 0.3) is 0 Å². The fraction of sp³-hybridized carbons (Fsp3) is 0.429. The number of hydrogen-bond acceptors (Lipinski definition) is 3. The quantitative estimate of drug-likeness (QED) is 0.805. The maximum Gasteiger partial charge on any atom is 0.394 e. The van der Waals surface area contributed by atoms with Gasteiger partial charge in [0.25, 0.3) is 0 Å². The van der Waals surface area contributed by atoms with Gasteiger partial charge in [0.05, 0.1) is 24.6 Å².